The molecule has 8 heteroatoms. The van der Waals surface area contributed by atoms with Gasteiger partial charge in [0, 0.05) is 32.3 Å². The van der Waals surface area contributed by atoms with Gasteiger partial charge in [-0.15, -0.1) is 10.2 Å². The van der Waals surface area contributed by atoms with Gasteiger partial charge < -0.3 is 9.47 Å². The van der Waals surface area contributed by atoms with Crippen molar-refractivity contribution in [3.8, 4) is 0 Å². The minimum Gasteiger partial charge on any atom is -0.365 e. The summed E-state index contributed by atoms with van der Waals surface area (Å²) in [6, 6.07) is 7.12. The topological polar surface area (TPSA) is 90.0 Å². The highest BCUT2D eigenvalue weighted by Crippen LogP contribution is 2.38. The van der Waals surface area contributed by atoms with Crippen LogP contribution in [-0.4, -0.2) is 37.8 Å². The van der Waals surface area contributed by atoms with Crippen LogP contribution in [0.4, 0.5) is 11.4 Å². The van der Waals surface area contributed by atoms with Gasteiger partial charge in [0.1, 0.15) is 17.8 Å². The van der Waals surface area contributed by atoms with Crippen LogP contribution >= 0.6 is 0 Å². The van der Waals surface area contributed by atoms with E-state index in [1.807, 2.05) is 17.7 Å². The first-order valence-corrected chi connectivity index (χ1v) is 7.76. The Bertz CT molecular complexity index is 922. The summed E-state index contributed by atoms with van der Waals surface area (Å²) >= 11 is 0. The summed E-state index contributed by atoms with van der Waals surface area (Å²) < 4.78 is 1.91. The number of aryl methyl sites for hydroxylation is 1. The number of nitro groups is 1. The zero-order chi connectivity index (χ0) is 16.7. The maximum absolute atomic E-state index is 11.7. The summed E-state index contributed by atoms with van der Waals surface area (Å²) in [4.78, 5) is 17.6. The van der Waals surface area contributed by atoms with Crippen LogP contribution in [0.2, 0.25) is 0 Å². The Morgan fingerprint density at radius 2 is 2.21 bits per heavy atom. The number of fused-ring (bicyclic) bond motifs is 1. The molecule has 1 unspecified atom stereocenters. The molecule has 0 bridgehead atoms. The van der Waals surface area contributed by atoms with Crippen LogP contribution < -0.4 is 4.90 Å². The van der Waals surface area contributed by atoms with Gasteiger partial charge in [-0.25, -0.2) is 0 Å². The van der Waals surface area contributed by atoms with E-state index in [9.17, 15) is 10.1 Å². The molecule has 0 spiro atoms. The molecule has 4 rings (SSSR count). The zero-order valence-electron chi connectivity index (χ0n) is 13.2. The molecule has 0 N–H and O–H groups in total. The Hall–Kier alpha value is -3.03. The van der Waals surface area contributed by atoms with Crippen molar-refractivity contribution in [2.24, 2.45) is 7.05 Å². The Kier molecular flexibility index (Phi) is 3.37. The van der Waals surface area contributed by atoms with E-state index in [1.54, 1.807) is 30.7 Å². The molecule has 1 atom stereocenters. The summed E-state index contributed by atoms with van der Waals surface area (Å²) in [5.74, 6) is 1.14. The Morgan fingerprint density at radius 3 is 2.96 bits per heavy atom. The van der Waals surface area contributed by atoms with Gasteiger partial charge in [-0.2, -0.15) is 0 Å². The number of aromatic nitrogens is 4. The first-order chi connectivity index (χ1) is 11.6. The van der Waals surface area contributed by atoms with Gasteiger partial charge in [-0.1, -0.05) is 0 Å². The Labute approximate surface area is 137 Å². The molecule has 8 nitrogen and oxygen atoms in total. The fraction of sp³-hybridized carbons (Fsp3) is 0.312. The van der Waals surface area contributed by atoms with E-state index in [-0.39, 0.29) is 16.5 Å². The van der Waals surface area contributed by atoms with Gasteiger partial charge in [0.2, 0.25) is 0 Å². The fourth-order valence-corrected chi connectivity index (χ4v) is 3.42. The summed E-state index contributed by atoms with van der Waals surface area (Å²) in [5, 5.41) is 20.4. The smallest absolute Gasteiger partial charge is 0.301 e. The number of anilines is 1. The molecule has 0 aliphatic carbocycles. The Morgan fingerprint density at radius 1 is 1.33 bits per heavy atom. The molecule has 3 heterocycles. The molecule has 1 fully saturated rings. The van der Waals surface area contributed by atoms with E-state index < -0.39 is 0 Å². The minimum atomic E-state index is -0.311. The molecule has 1 aliphatic heterocycles. The number of nitrogens with zero attached hydrogens (tertiary/aromatic N) is 6. The molecule has 1 aliphatic rings. The van der Waals surface area contributed by atoms with Crippen molar-refractivity contribution < 1.29 is 4.92 Å². The molecular formula is C16H16N6O2. The van der Waals surface area contributed by atoms with Gasteiger partial charge in [0.15, 0.2) is 0 Å². The maximum Gasteiger partial charge on any atom is 0.301 e. The van der Waals surface area contributed by atoms with E-state index >= 15 is 0 Å². The highest BCUT2D eigenvalue weighted by molar-refractivity contribution is 5.94. The first-order valence-electron chi connectivity index (χ1n) is 7.76. The molecule has 2 aromatic heterocycles. The second-order valence-electron chi connectivity index (χ2n) is 5.99. The van der Waals surface area contributed by atoms with Crippen LogP contribution in [0, 0.1) is 10.1 Å². The largest absolute Gasteiger partial charge is 0.365 e. The van der Waals surface area contributed by atoms with Crippen LogP contribution in [0.1, 0.15) is 18.2 Å². The van der Waals surface area contributed by atoms with Crippen LogP contribution in [0.25, 0.3) is 10.9 Å². The third-order valence-corrected chi connectivity index (χ3v) is 4.56. The third kappa shape index (κ3) is 2.27. The lowest BCUT2D eigenvalue weighted by molar-refractivity contribution is -0.382. The molecule has 1 saturated heterocycles. The van der Waals surface area contributed by atoms with Crippen molar-refractivity contribution in [1.82, 2.24) is 19.7 Å². The molecule has 3 aromatic rings. The SMILES string of the molecule is Cn1cnnc1C1CCN(c2ccc3ncccc3c2[N+](=O)[O-])C1. The molecule has 122 valence electrons. The summed E-state index contributed by atoms with van der Waals surface area (Å²) in [7, 11) is 1.92. The number of hydrogen-bond acceptors (Lipinski definition) is 6. The lowest BCUT2D eigenvalue weighted by Crippen LogP contribution is -2.21. The molecule has 1 aromatic carbocycles. The second kappa shape index (κ2) is 5.55. The number of rotatable bonds is 3. The van der Waals surface area contributed by atoms with Crippen molar-refractivity contribution in [1.29, 1.82) is 0 Å². The predicted octanol–water partition coefficient (Wildman–Crippen LogP) is 2.27. The molecular weight excluding hydrogens is 308 g/mol. The van der Waals surface area contributed by atoms with Gasteiger partial charge in [0.25, 0.3) is 0 Å². The quantitative estimate of drug-likeness (QED) is 0.542. The highest BCUT2D eigenvalue weighted by atomic mass is 16.6. The van der Waals surface area contributed by atoms with Crippen molar-refractivity contribution in [3.63, 3.8) is 0 Å². The number of hydrogen-bond donors (Lipinski definition) is 0. The predicted molar refractivity (Wildman–Crippen MR) is 89.0 cm³/mol. The maximum atomic E-state index is 11.7. The molecule has 0 radical (unpaired) electrons. The standard InChI is InChI=1S/C16H16N6O2/c1-20-10-18-19-16(20)11-6-8-21(9-11)14-5-4-13-12(3-2-7-17-13)15(14)22(23)24/h2-5,7,10-11H,6,8-9H2,1H3. The number of nitro benzene ring substituents is 1. The lowest BCUT2D eigenvalue weighted by Gasteiger charge is -2.19. The van der Waals surface area contributed by atoms with Gasteiger partial charge in [0.05, 0.1) is 15.8 Å². The van der Waals surface area contributed by atoms with Crippen molar-refractivity contribution in [2.75, 3.05) is 18.0 Å². The van der Waals surface area contributed by atoms with Crippen LogP contribution in [0.3, 0.4) is 0 Å². The zero-order valence-corrected chi connectivity index (χ0v) is 13.2. The van der Waals surface area contributed by atoms with Gasteiger partial charge in [-0.05, 0) is 30.7 Å². The number of benzene rings is 1. The lowest BCUT2D eigenvalue weighted by atomic mass is 10.1. The van der Waals surface area contributed by atoms with E-state index in [4.69, 9.17) is 0 Å². The molecule has 0 amide bonds. The summed E-state index contributed by atoms with van der Waals surface area (Å²) in [6.07, 6.45) is 4.22. The number of pyridine rings is 1. The van der Waals surface area contributed by atoms with Crippen molar-refractivity contribution >= 4 is 22.3 Å². The van der Waals surface area contributed by atoms with E-state index in [0.717, 1.165) is 18.8 Å². The van der Waals surface area contributed by atoms with Gasteiger partial charge in [-0.3, -0.25) is 15.1 Å². The fourth-order valence-electron chi connectivity index (χ4n) is 3.42. The van der Waals surface area contributed by atoms with Crippen LogP contribution in [0.15, 0.2) is 36.8 Å². The monoisotopic (exact) mass is 324 g/mol. The normalized spacial score (nSPS) is 17.5. The summed E-state index contributed by atoms with van der Waals surface area (Å²) in [5.41, 5.74) is 1.40. The first kappa shape index (κ1) is 14.6. The average Bonchev–Trinajstić information content (AvgIpc) is 3.22. The van der Waals surface area contributed by atoms with Crippen LogP contribution in [0.5, 0.6) is 0 Å². The van der Waals surface area contributed by atoms with Gasteiger partial charge >= 0.3 is 5.69 Å². The molecule has 24 heavy (non-hydrogen) atoms. The molecule has 0 saturated carbocycles. The minimum absolute atomic E-state index is 0.124. The van der Waals surface area contributed by atoms with E-state index in [1.165, 1.54) is 0 Å². The van der Waals surface area contributed by atoms with E-state index in [0.29, 0.717) is 23.1 Å². The second-order valence-corrected chi connectivity index (χ2v) is 5.99. The van der Waals surface area contributed by atoms with Crippen molar-refractivity contribution in [3.05, 3.63) is 52.7 Å². The van der Waals surface area contributed by atoms with E-state index in [2.05, 4.69) is 20.1 Å². The van der Waals surface area contributed by atoms with Crippen LogP contribution in [-0.2, 0) is 7.05 Å². The highest BCUT2D eigenvalue weighted by Gasteiger charge is 2.31. The third-order valence-electron chi connectivity index (χ3n) is 4.56. The van der Waals surface area contributed by atoms with Crippen molar-refractivity contribution in [2.45, 2.75) is 12.3 Å². The Balaban J connectivity index is 1.73. The summed E-state index contributed by atoms with van der Waals surface area (Å²) in [6.45, 7) is 1.45. The average molecular weight is 324 g/mol.